The molecule has 1 aromatic heterocycles. The molecule has 6 heteroatoms. The molecule has 19 heavy (non-hydrogen) atoms. The summed E-state index contributed by atoms with van der Waals surface area (Å²) >= 11 is 0. The van der Waals surface area contributed by atoms with Gasteiger partial charge < -0.3 is 14.6 Å². The smallest absolute Gasteiger partial charge is 0.308 e. The predicted molar refractivity (Wildman–Crippen MR) is 68.4 cm³/mol. The SMILES string of the molecule is O=C(O)C1CCC(=O)N(CCCCn2ccnc2)C1. The van der Waals surface area contributed by atoms with Crippen LogP contribution in [0, 0.1) is 5.92 Å². The zero-order valence-electron chi connectivity index (χ0n) is 10.9. The summed E-state index contributed by atoms with van der Waals surface area (Å²) in [6.45, 7) is 1.89. The van der Waals surface area contributed by atoms with E-state index >= 15 is 0 Å². The zero-order valence-corrected chi connectivity index (χ0v) is 10.9. The van der Waals surface area contributed by atoms with E-state index in [0.29, 0.717) is 25.9 Å². The van der Waals surface area contributed by atoms with E-state index in [0.717, 1.165) is 19.4 Å². The minimum Gasteiger partial charge on any atom is -0.481 e. The molecule has 0 aromatic carbocycles. The van der Waals surface area contributed by atoms with Crippen molar-refractivity contribution in [1.29, 1.82) is 0 Å². The molecule has 1 aromatic rings. The van der Waals surface area contributed by atoms with E-state index in [4.69, 9.17) is 5.11 Å². The minimum absolute atomic E-state index is 0.0835. The molecule has 104 valence electrons. The molecule has 1 fully saturated rings. The summed E-state index contributed by atoms with van der Waals surface area (Å²) in [6, 6.07) is 0. The molecule has 1 saturated heterocycles. The predicted octanol–water partition coefficient (Wildman–Crippen LogP) is 0.986. The van der Waals surface area contributed by atoms with Crippen molar-refractivity contribution in [3.63, 3.8) is 0 Å². The number of piperidine rings is 1. The lowest BCUT2D eigenvalue weighted by Gasteiger charge is -2.30. The molecule has 1 aliphatic rings. The maximum absolute atomic E-state index is 11.7. The zero-order chi connectivity index (χ0) is 13.7. The lowest BCUT2D eigenvalue weighted by molar-refractivity contribution is -0.147. The lowest BCUT2D eigenvalue weighted by atomic mass is 9.97. The summed E-state index contributed by atoms with van der Waals surface area (Å²) in [6.07, 6.45) is 8.09. The van der Waals surface area contributed by atoms with Gasteiger partial charge in [-0.25, -0.2) is 4.98 Å². The molecule has 0 saturated carbocycles. The van der Waals surface area contributed by atoms with Crippen LogP contribution in [0.5, 0.6) is 0 Å². The van der Waals surface area contributed by atoms with Gasteiger partial charge in [-0.3, -0.25) is 9.59 Å². The van der Waals surface area contributed by atoms with Crippen LogP contribution in [0.25, 0.3) is 0 Å². The van der Waals surface area contributed by atoms with Gasteiger partial charge in [-0.05, 0) is 19.3 Å². The number of hydrogen-bond acceptors (Lipinski definition) is 3. The number of carbonyl (C=O) groups is 2. The van der Waals surface area contributed by atoms with E-state index in [2.05, 4.69) is 4.98 Å². The van der Waals surface area contributed by atoms with Gasteiger partial charge in [0.2, 0.25) is 5.91 Å². The van der Waals surface area contributed by atoms with Crippen LogP contribution in [0.4, 0.5) is 0 Å². The van der Waals surface area contributed by atoms with Gasteiger partial charge in [0.1, 0.15) is 0 Å². The first-order valence-electron chi connectivity index (χ1n) is 6.63. The first-order valence-corrected chi connectivity index (χ1v) is 6.63. The van der Waals surface area contributed by atoms with Crippen LogP contribution in [0.15, 0.2) is 18.7 Å². The Morgan fingerprint density at radius 1 is 1.42 bits per heavy atom. The first-order chi connectivity index (χ1) is 9.16. The Hall–Kier alpha value is -1.85. The summed E-state index contributed by atoms with van der Waals surface area (Å²) in [4.78, 5) is 28.3. The number of aliphatic carboxylic acids is 1. The maximum atomic E-state index is 11.7. The summed E-state index contributed by atoms with van der Waals surface area (Å²) in [5.41, 5.74) is 0. The Labute approximate surface area is 112 Å². The molecule has 1 amide bonds. The second-order valence-corrected chi connectivity index (χ2v) is 4.92. The second-order valence-electron chi connectivity index (χ2n) is 4.92. The van der Waals surface area contributed by atoms with Crippen molar-refractivity contribution in [2.75, 3.05) is 13.1 Å². The third-order valence-electron chi connectivity index (χ3n) is 3.50. The van der Waals surface area contributed by atoms with E-state index in [1.807, 2.05) is 10.8 Å². The summed E-state index contributed by atoms with van der Waals surface area (Å²) in [7, 11) is 0. The number of aryl methyl sites for hydroxylation is 1. The highest BCUT2D eigenvalue weighted by Crippen LogP contribution is 2.18. The molecule has 1 N–H and O–H groups in total. The fraction of sp³-hybridized carbons (Fsp3) is 0.615. The second kappa shape index (κ2) is 6.36. The number of rotatable bonds is 6. The molecule has 6 nitrogen and oxygen atoms in total. The summed E-state index contributed by atoms with van der Waals surface area (Å²) in [5, 5.41) is 8.99. The van der Waals surface area contributed by atoms with Crippen molar-refractivity contribution in [3.8, 4) is 0 Å². The number of unbranched alkanes of at least 4 members (excludes halogenated alkanes) is 1. The van der Waals surface area contributed by atoms with E-state index in [1.165, 1.54) is 0 Å². The topological polar surface area (TPSA) is 75.4 Å². The summed E-state index contributed by atoms with van der Waals surface area (Å²) in [5.74, 6) is -1.11. The van der Waals surface area contributed by atoms with Crippen molar-refractivity contribution < 1.29 is 14.7 Å². The number of carboxylic acids is 1. The standard InChI is InChI=1S/C13H19N3O3/c17-12-4-3-11(13(18)19)9-16(12)7-2-1-6-15-8-5-14-10-15/h5,8,10-11H,1-4,6-7,9H2,(H,18,19). The quantitative estimate of drug-likeness (QED) is 0.778. The van der Waals surface area contributed by atoms with Gasteiger partial charge in [0, 0.05) is 38.4 Å². The minimum atomic E-state index is -0.795. The van der Waals surface area contributed by atoms with Crippen LogP contribution in [0.3, 0.4) is 0 Å². The van der Waals surface area contributed by atoms with Crippen LogP contribution in [0.1, 0.15) is 25.7 Å². The molecule has 1 unspecified atom stereocenters. The van der Waals surface area contributed by atoms with Gasteiger partial charge in [0.15, 0.2) is 0 Å². The van der Waals surface area contributed by atoms with Crippen molar-refractivity contribution in [3.05, 3.63) is 18.7 Å². The largest absolute Gasteiger partial charge is 0.481 e. The number of likely N-dealkylation sites (tertiary alicyclic amines) is 1. The van der Waals surface area contributed by atoms with Crippen LogP contribution >= 0.6 is 0 Å². The van der Waals surface area contributed by atoms with Crippen LogP contribution in [-0.4, -0.2) is 44.5 Å². The highest BCUT2D eigenvalue weighted by Gasteiger charge is 2.29. The van der Waals surface area contributed by atoms with Crippen molar-refractivity contribution in [1.82, 2.24) is 14.5 Å². The molecule has 0 spiro atoms. The fourth-order valence-corrected chi connectivity index (χ4v) is 2.35. The molecule has 2 rings (SSSR count). The molecular formula is C13H19N3O3. The Balaban J connectivity index is 1.71. The maximum Gasteiger partial charge on any atom is 0.308 e. The number of nitrogens with zero attached hydrogens (tertiary/aromatic N) is 3. The molecule has 2 heterocycles. The number of imidazole rings is 1. The van der Waals surface area contributed by atoms with Crippen LogP contribution in [-0.2, 0) is 16.1 Å². The van der Waals surface area contributed by atoms with Crippen LogP contribution in [0.2, 0.25) is 0 Å². The third-order valence-corrected chi connectivity index (χ3v) is 3.50. The Bertz CT molecular complexity index is 430. The van der Waals surface area contributed by atoms with Crippen molar-refractivity contribution >= 4 is 11.9 Å². The molecule has 1 atom stereocenters. The third kappa shape index (κ3) is 3.81. The summed E-state index contributed by atoms with van der Waals surface area (Å²) < 4.78 is 2.00. The van der Waals surface area contributed by atoms with Crippen LogP contribution < -0.4 is 0 Å². The number of aromatic nitrogens is 2. The highest BCUT2D eigenvalue weighted by atomic mass is 16.4. The van der Waals surface area contributed by atoms with E-state index in [9.17, 15) is 9.59 Å². The molecular weight excluding hydrogens is 246 g/mol. The van der Waals surface area contributed by atoms with E-state index in [1.54, 1.807) is 17.4 Å². The molecule has 0 radical (unpaired) electrons. The highest BCUT2D eigenvalue weighted by molar-refractivity contribution is 5.80. The van der Waals surface area contributed by atoms with Gasteiger partial charge in [-0.2, -0.15) is 0 Å². The van der Waals surface area contributed by atoms with Crippen molar-refractivity contribution in [2.24, 2.45) is 5.92 Å². The van der Waals surface area contributed by atoms with E-state index in [-0.39, 0.29) is 5.91 Å². The normalized spacial score (nSPS) is 19.7. The lowest BCUT2D eigenvalue weighted by Crippen LogP contribution is -2.42. The molecule has 1 aliphatic heterocycles. The molecule has 0 bridgehead atoms. The monoisotopic (exact) mass is 265 g/mol. The van der Waals surface area contributed by atoms with Crippen molar-refractivity contribution in [2.45, 2.75) is 32.2 Å². The Kier molecular flexibility index (Phi) is 4.54. The fourth-order valence-electron chi connectivity index (χ4n) is 2.35. The van der Waals surface area contributed by atoms with Gasteiger partial charge in [0.25, 0.3) is 0 Å². The van der Waals surface area contributed by atoms with Gasteiger partial charge in [-0.1, -0.05) is 0 Å². The number of amides is 1. The van der Waals surface area contributed by atoms with E-state index < -0.39 is 11.9 Å². The first kappa shape index (κ1) is 13.6. The van der Waals surface area contributed by atoms with Gasteiger partial charge in [0.05, 0.1) is 12.2 Å². The Morgan fingerprint density at radius 2 is 2.21 bits per heavy atom. The average Bonchev–Trinajstić information content (AvgIpc) is 2.89. The average molecular weight is 265 g/mol. The number of hydrogen-bond donors (Lipinski definition) is 1. The number of carboxylic acid groups (broad SMARTS) is 1. The number of carbonyl (C=O) groups excluding carboxylic acids is 1. The van der Waals surface area contributed by atoms with Gasteiger partial charge in [-0.15, -0.1) is 0 Å². The molecule has 0 aliphatic carbocycles. The Morgan fingerprint density at radius 3 is 2.89 bits per heavy atom. The van der Waals surface area contributed by atoms with Gasteiger partial charge >= 0.3 is 5.97 Å².